The highest BCUT2D eigenvalue weighted by atomic mass is 28.4. The molecule has 0 heterocycles. The number of esters is 2. The molecule has 0 aromatic rings. The number of methoxy groups -OCH3 is 2. The highest BCUT2D eigenvalue weighted by Crippen LogP contribution is 2.42. The van der Waals surface area contributed by atoms with Crippen LogP contribution >= 0.6 is 0 Å². The second kappa shape index (κ2) is 12.3. The topological polar surface area (TPSA) is 139 Å². The quantitative estimate of drug-likeness (QED) is 0.0669. The van der Waals surface area contributed by atoms with Crippen molar-refractivity contribution in [3.05, 3.63) is 11.8 Å². The van der Waals surface area contributed by atoms with E-state index in [0.717, 1.165) is 26.7 Å². The lowest BCUT2D eigenvalue weighted by Crippen LogP contribution is -2.57. The molecule has 0 aromatic heterocycles. The van der Waals surface area contributed by atoms with E-state index in [1.54, 1.807) is 27.8 Å². The van der Waals surface area contributed by atoms with Crippen molar-refractivity contribution in [1.82, 2.24) is 4.90 Å². The lowest BCUT2D eigenvalue weighted by molar-refractivity contribution is -0.142. The van der Waals surface area contributed by atoms with Crippen LogP contribution in [0.2, 0.25) is 18.1 Å². The Hall–Kier alpha value is -2.60. The zero-order valence-corrected chi connectivity index (χ0v) is 25.2. The molecule has 1 rings (SSSR count). The summed E-state index contributed by atoms with van der Waals surface area (Å²) >= 11 is 0. The highest BCUT2D eigenvalue weighted by Gasteiger charge is 2.50. The molecule has 1 fully saturated rings. The van der Waals surface area contributed by atoms with E-state index in [4.69, 9.17) is 19.7 Å². The van der Waals surface area contributed by atoms with Crippen LogP contribution < -0.4 is 5.73 Å². The first kappa shape index (κ1) is 32.4. The Balaban J connectivity index is 3.32. The molecule has 0 bridgehead atoms. The zero-order valence-electron chi connectivity index (χ0n) is 24.2. The first-order valence-electron chi connectivity index (χ1n) is 12.3. The lowest BCUT2D eigenvalue weighted by Gasteiger charge is -2.39. The Labute approximate surface area is 221 Å². The number of rotatable bonds is 9. The SMILES string of the molecule is COC(=O)C=C(ON=C(N)C1(N(C)C(=O)OC(C)(C)C)CCC(CO[Si](C)(C)C(C)(C)C)C1)C(=O)OC. The molecular formula is C25H45N3O8Si. The predicted octanol–water partition coefficient (Wildman–Crippen LogP) is 3.93. The lowest BCUT2D eigenvalue weighted by atomic mass is 9.93. The Morgan fingerprint density at radius 3 is 2.19 bits per heavy atom. The average Bonchev–Trinajstić information content (AvgIpc) is 3.22. The van der Waals surface area contributed by atoms with Crippen molar-refractivity contribution < 1.29 is 37.9 Å². The van der Waals surface area contributed by atoms with Crippen LogP contribution in [0.25, 0.3) is 0 Å². The smallest absolute Gasteiger partial charge is 0.410 e. The minimum Gasteiger partial charge on any atom is -0.466 e. The first-order chi connectivity index (χ1) is 16.8. The predicted molar refractivity (Wildman–Crippen MR) is 142 cm³/mol. The van der Waals surface area contributed by atoms with Crippen LogP contribution in [0.15, 0.2) is 17.0 Å². The van der Waals surface area contributed by atoms with Crippen molar-refractivity contribution in [2.75, 3.05) is 27.9 Å². The van der Waals surface area contributed by atoms with Gasteiger partial charge in [0.05, 0.1) is 20.3 Å². The van der Waals surface area contributed by atoms with Gasteiger partial charge in [-0.15, -0.1) is 0 Å². The van der Waals surface area contributed by atoms with Crippen LogP contribution in [-0.2, 0) is 33.1 Å². The zero-order chi connectivity index (χ0) is 28.8. The van der Waals surface area contributed by atoms with Gasteiger partial charge in [0.15, 0.2) is 14.2 Å². The summed E-state index contributed by atoms with van der Waals surface area (Å²) in [6.45, 7) is 16.8. The monoisotopic (exact) mass is 543 g/mol. The van der Waals surface area contributed by atoms with Gasteiger partial charge in [-0.1, -0.05) is 25.9 Å². The molecule has 1 amide bonds. The number of amidine groups is 1. The number of nitrogens with two attached hydrogens (primary N) is 1. The fraction of sp³-hybridized carbons (Fsp3) is 0.760. The van der Waals surface area contributed by atoms with E-state index >= 15 is 0 Å². The van der Waals surface area contributed by atoms with Crippen molar-refractivity contribution in [3.8, 4) is 0 Å². The van der Waals surface area contributed by atoms with Crippen molar-refractivity contribution >= 4 is 32.2 Å². The van der Waals surface area contributed by atoms with Gasteiger partial charge in [0.2, 0.25) is 5.76 Å². The standard InChI is InChI=1S/C25H45N3O8Si/c1-23(2,3)35-22(31)28(7)25(13-12-17(15-25)16-34-37(10,11)24(4,5)6)21(26)27-36-18(20(30)33-9)14-19(29)32-8/h14,17H,12-13,15-16H2,1-11H3,(H2,26,27). The van der Waals surface area contributed by atoms with Gasteiger partial charge in [-0.3, -0.25) is 4.90 Å². The Kier molecular flexibility index (Phi) is 10.8. The Bertz CT molecular complexity index is 905. The van der Waals surface area contributed by atoms with Crippen LogP contribution in [0.4, 0.5) is 4.79 Å². The van der Waals surface area contributed by atoms with E-state index < -0.39 is 43.2 Å². The van der Waals surface area contributed by atoms with Gasteiger partial charge in [0.1, 0.15) is 11.1 Å². The van der Waals surface area contributed by atoms with Gasteiger partial charge in [-0.2, -0.15) is 0 Å². The van der Waals surface area contributed by atoms with E-state index in [0.29, 0.717) is 19.4 Å². The second-order valence-corrected chi connectivity index (χ2v) is 16.7. The van der Waals surface area contributed by atoms with Gasteiger partial charge in [0, 0.05) is 13.7 Å². The summed E-state index contributed by atoms with van der Waals surface area (Å²) < 4.78 is 21.2. The number of oxime groups is 1. The molecule has 0 radical (unpaired) electrons. The fourth-order valence-electron chi connectivity index (χ4n) is 3.60. The molecule has 37 heavy (non-hydrogen) atoms. The molecule has 11 nitrogen and oxygen atoms in total. The molecule has 0 aliphatic heterocycles. The number of carbonyl (C=O) groups excluding carboxylic acids is 3. The summed E-state index contributed by atoms with van der Waals surface area (Å²) in [6.07, 6.45) is 1.87. The molecule has 1 aliphatic carbocycles. The summed E-state index contributed by atoms with van der Waals surface area (Å²) in [5, 5.41) is 4.01. The summed E-state index contributed by atoms with van der Waals surface area (Å²) in [7, 11) is 1.89. The first-order valence-corrected chi connectivity index (χ1v) is 15.2. The Morgan fingerprint density at radius 1 is 1.11 bits per heavy atom. The van der Waals surface area contributed by atoms with E-state index in [1.807, 2.05) is 0 Å². The molecule has 2 N–H and O–H groups in total. The van der Waals surface area contributed by atoms with Crippen molar-refractivity contribution in [2.24, 2.45) is 16.8 Å². The van der Waals surface area contributed by atoms with Gasteiger partial charge in [-0.05, 0) is 64.1 Å². The van der Waals surface area contributed by atoms with Crippen molar-refractivity contribution in [2.45, 2.75) is 90.1 Å². The molecular weight excluding hydrogens is 498 g/mol. The number of amides is 1. The minimum absolute atomic E-state index is 0.0460. The molecule has 0 aromatic carbocycles. The molecule has 12 heteroatoms. The molecule has 1 saturated carbocycles. The summed E-state index contributed by atoms with van der Waals surface area (Å²) in [4.78, 5) is 43.4. The number of ether oxygens (including phenoxy) is 3. The van der Waals surface area contributed by atoms with Gasteiger partial charge < -0.3 is 29.2 Å². The van der Waals surface area contributed by atoms with Crippen LogP contribution in [0.1, 0.15) is 60.8 Å². The number of hydrogen-bond donors (Lipinski definition) is 1. The number of nitrogens with zero attached hydrogens (tertiary/aromatic N) is 2. The fourth-order valence-corrected chi connectivity index (χ4v) is 4.68. The van der Waals surface area contributed by atoms with Crippen LogP contribution in [-0.4, -0.2) is 76.1 Å². The van der Waals surface area contributed by atoms with E-state index in [2.05, 4.69) is 48.5 Å². The normalized spacial score (nSPS) is 21.3. The number of carbonyl (C=O) groups is 3. The summed E-state index contributed by atoms with van der Waals surface area (Å²) in [5.74, 6) is -2.24. The third-order valence-corrected chi connectivity index (χ3v) is 11.4. The van der Waals surface area contributed by atoms with E-state index in [-0.39, 0.29) is 16.8 Å². The molecule has 212 valence electrons. The molecule has 0 saturated heterocycles. The summed E-state index contributed by atoms with van der Waals surface area (Å²) in [5.41, 5.74) is 4.65. The second-order valence-electron chi connectivity index (χ2n) is 11.8. The Morgan fingerprint density at radius 2 is 1.70 bits per heavy atom. The van der Waals surface area contributed by atoms with Crippen molar-refractivity contribution in [3.63, 3.8) is 0 Å². The maximum Gasteiger partial charge on any atom is 0.410 e. The van der Waals surface area contributed by atoms with E-state index in [9.17, 15) is 14.4 Å². The third-order valence-electron chi connectivity index (χ3n) is 6.94. The molecule has 0 spiro atoms. The largest absolute Gasteiger partial charge is 0.466 e. The maximum atomic E-state index is 13.1. The minimum atomic E-state index is -1.99. The van der Waals surface area contributed by atoms with E-state index in [1.165, 1.54) is 4.90 Å². The molecule has 2 atom stereocenters. The summed E-state index contributed by atoms with van der Waals surface area (Å²) in [6, 6.07) is 0. The highest BCUT2D eigenvalue weighted by molar-refractivity contribution is 6.74. The van der Waals surface area contributed by atoms with Gasteiger partial charge >= 0.3 is 18.0 Å². The van der Waals surface area contributed by atoms with Gasteiger partial charge in [-0.25, -0.2) is 14.4 Å². The third kappa shape index (κ3) is 8.73. The molecule has 2 unspecified atom stereocenters. The van der Waals surface area contributed by atoms with Crippen LogP contribution in [0, 0.1) is 5.92 Å². The number of hydrogen-bond acceptors (Lipinski definition) is 9. The molecule has 1 aliphatic rings. The average molecular weight is 544 g/mol. The van der Waals surface area contributed by atoms with Gasteiger partial charge in [0.25, 0.3) is 0 Å². The number of likely N-dealkylation sites (N-methyl/N-ethyl adjacent to an activating group) is 1. The van der Waals surface area contributed by atoms with Crippen molar-refractivity contribution in [1.29, 1.82) is 0 Å². The van der Waals surface area contributed by atoms with Crippen LogP contribution in [0.3, 0.4) is 0 Å². The maximum absolute atomic E-state index is 13.1. The van der Waals surface area contributed by atoms with Crippen LogP contribution in [0.5, 0.6) is 0 Å².